The average Bonchev–Trinajstić information content (AvgIpc) is 3.11. The van der Waals surface area contributed by atoms with Gasteiger partial charge in [-0.25, -0.2) is 4.68 Å². The summed E-state index contributed by atoms with van der Waals surface area (Å²) < 4.78 is 6.91. The number of H-pyrrole nitrogens is 1. The van der Waals surface area contributed by atoms with E-state index < -0.39 is 12.1 Å². The minimum Gasteiger partial charge on any atom is -0.468 e. The molecular formula is C16H20N4O3S. The van der Waals surface area contributed by atoms with E-state index in [0.29, 0.717) is 30.2 Å². The van der Waals surface area contributed by atoms with Crippen molar-refractivity contribution in [3.05, 3.63) is 34.6 Å². The highest BCUT2D eigenvalue weighted by Gasteiger charge is 2.37. The predicted octanol–water partition coefficient (Wildman–Crippen LogP) is 1.48. The number of aromatic nitrogens is 3. The molecule has 0 aliphatic carbocycles. The molecule has 1 fully saturated rings. The summed E-state index contributed by atoms with van der Waals surface area (Å²) in [5.41, 5.74) is 2.11. The maximum Gasteiger partial charge on any atom is 0.323 e. The number of rotatable bonds is 4. The Morgan fingerprint density at radius 2 is 2.17 bits per heavy atom. The summed E-state index contributed by atoms with van der Waals surface area (Å²) in [6.45, 7) is 2.76. The topological polar surface area (TPSA) is 83.4 Å². The van der Waals surface area contributed by atoms with Crippen molar-refractivity contribution in [1.29, 1.82) is 0 Å². The van der Waals surface area contributed by atoms with Gasteiger partial charge in [0.1, 0.15) is 6.04 Å². The van der Waals surface area contributed by atoms with Crippen molar-refractivity contribution in [3.8, 4) is 11.4 Å². The summed E-state index contributed by atoms with van der Waals surface area (Å²) in [6, 6.07) is 7.50. The van der Waals surface area contributed by atoms with Crippen LogP contribution < -0.4 is 0 Å². The molecule has 0 amide bonds. The predicted molar refractivity (Wildman–Crippen MR) is 90.7 cm³/mol. The second kappa shape index (κ2) is 6.84. The average molecular weight is 348 g/mol. The highest BCUT2D eigenvalue weighted by molar-refractivity contribution is 7.71. The number of carbonyl (C=O) groups is 1. The monoisotopic (exact) mass is 348 g/mol. The van der Waals surface area contributed by atoms with Gasteiger partial charge >= 0.3 is 5.97 Å². The molecule has 7 nitrogen and oxygen atoms in total. The third kappa shape index (κ3) is 3.40. The Bertz CT molecular complexity index is 783. The zero-order valence-electron chi connectivity index (χ0n) is 13.6. The van der Waals surface area contributed by atoms with Crippen LogP contribution in [0.4, 0.5) is 0 Å². The van der Waals surface area contributed by atoms with Gasteiger partial charge in [-0.15, -0.1) is 0 Å². The molecule has 24 heavy (non-hydrogen) atoms. The first kappa shape index (κ1) is 16.8. The highest BCUT2D eigenvalue weighted by atomic mass is 32.1. The van der Waals surface area contributed by atoms with Crippen molar-refractivity contribution < 1.29 is 14.6 Å². The van der Waals surface area contributed by atoms with Gasteiger partial charge in [0.25, 0.3) is 0 Å². The van der Waals surface area contributed by atoms with E-state index in [1.54, 1.807) is 4.68 Å². The van der Waals surface area contributed by atoms with E-state index >= 15 is 0 Å². The zero-order valence-corrected chi connectivity index (χ0v) is 14.4. The molecule has 2 heterocycles. The largest absolute Gasteiger partial charge is 0.468 e. The van der Waals surface area contributed by atoms with Crippen molar-refractivity contribution in [2.75, 3.05) is 13.7 Å². The lowest BCUT2D eigenvalue weighted by molar-refractivity contribution is -0.146. The molecule has 0 radical (unpaired) electrons. The Kier molecular flexibility index (Phi) is 4.79. The Labute approximate surface area is 144 Å². The molecule has 3 rings (SSSR count). The molecule has 128 valence electrons. The lowest BCUT2D eigenvalue weighted by atomic mass is 10.1. The van der Waals surface area contributed by atoms with Crippen LogP contribution >= 0.6 is 12.2 Å². The number of nitrogens with zero attached hydrogens (tertiary/aromatic N) is 3. The molecule has 1 aromatic heterocycles. The van der Waals surface area contributed by atoms with Gasteiger partial charge < -0.3 is 9.84 Å². The molecule has 8 heteroatoms. The number of β-amino-alcohol motifs (C(OH)–C–C–N with tert-alkyl or cyclic N) is 1. The van der Waals surface area contributed by atoms with E-state index in [0.717, 1.165) is 5.56 Å². The Hall–Kier alpha value is -2.03. The van der Waals surface area contributed by atoms with E-state index in [1.165, 1.54) is 12.7 Å². The van der Waals surface area contributed by atoms with Gasteiger partial charge in [-0.05, 0) is 19.1 Å². The van der Waals surface area contributed by atoms with Gasteiger partial charge in [0.15, 0.2) is 5.82 Å². The number of aliphatic hydroxyl groups excluding tert-OH is 1. The lowest BCUT2D eigenvalue weighted by Crippen LogP contribution is -2.38. The number of ether oxygens (including phenoxy) is 1. The van der Waals surface area contributed by atoms with Crippen LogP contribution in [0, 0.1) is 11.7 Å². The Morgan fingerprint density at radius 1 is 1.46 bits per heavy atom. The van der Waals surface area contributed by atoms with Gasteiger partial charge in [0.05, 0.1) is 19.9 Å². The molecule has 0 unspecified atom stereocenters. The number of esters is 1. The van der Waals surface area contributed by atoms with Crippen molar-refractivity contribution in [3.63, 3.8) is 0 Å². The molecule has 1 saturated heterocycles. The molecule has 0 spiro atoms. The molecule has 2 atom stereocenters. The summed E-state index contributed by atoms with van der Waals surface area (Å²) in [5.74, 6) is 0.325. The highest BCUT2D eigenvalue weighted by Crippen LogP contribution is 2.21. The number of hydrogen-bond acceptors (Lipinski definition) is 6. The van der Waals surface area contributed by atoms with Crippen molar-refractivity contribution in [1.82, 2.24) is 19.7 Å². The van der Waals surface area contributed by atoms with Gasteiger partial charge in [-0.3, -0.25) is 14.8 Å². The number of aryl methyl sites for hydroxylation is 1. The number of aromatic amines is 1. The number of benzene rings is 1. The molecule has 1 aliphatic rings. The number of methoxy groups -OCH3 is 1. The smallest absolute Gasteiger partial charge is 0.323 e. The normalized spacial score (nSPS) is 21.1. The molecule has 0 saturated carbocycles. The standard InChI is InChI=1S/C16H20N4O3S/c1-10-3-5-11(6-4-10)14-17-16(24)20(18-14)9-19-8-12(21)7-13(19)15(22)23-2/h3-6,12-13,21H,7-9H2,1-2H3,(H,17,18,24)/t12-,13+/m1/s1. The molecule has 1 aliphatic heterocycles. The lowest BCUT2D eigenvalue weighted by Gasteiger charge is -2.21. The third-order valence-electron chi connectivity index (χ3n) is 4.18. The van der Waals surface area contributed by atoms with E-state index in [9.17, 15) is 9.90 Å². The maximum atomic E-state index is 11.9. The van der Waals surface area contributed by atoms with Crippen LogP contribution in [0.25, 0.3) is 11.4 Å². The second-order valence-electron chi connectivity index (χ2n) is 5.99. The number of hydrogen-bond donors (Lipinski definition) is 2. The Morgan fingerprint density at radius 3 is 2.83 bits per heavy atom. The van der Waals surface area contributed by atoms with Crippen LogP contribution in [0.1, 0.15) is 12.0 Å². The van der Waals surface area contributed by atoms with Crippen LogP contribution in [0.2, 0.25) is 0 Å². The third-order valence-corrected chi connectivity index (χ3v) is 4.49. The summed E-state index contributed by atoms with van der Waals surface area (Å²) in [7, 11) is 1.35. The SMILES string of the molecule is COC(=O)[C@@H]1C[C@@H](O)CN1Cn1[nH]c(-c2ccc(C)cc2)nc1=S. The van der Waals surface area contributed by atoms with Gasteiger partial charge in [0.2, 0.25) is 4.77 Å². The summed E-state index contributed by atoms with van der Waals surface area (Å²) in [6.07, 6.45) is -0.193. The first-order valence-corrected chi connectivity index (χ1v) is 8.12. The van der Waals surface area contributed by atoms with Crippen LogP contribution in [-0.2, 0) is 16.2 Å². The molecule has 0 bridgehead atoms. The van der Waals surface area contributed by atoms with Crippen LogP contribution in [-0.4, -0.2) is 56.5 Å². The zero-order chi connectivity index (χ0) is 17.3. The molecule has 1 aromatic carbocycles. The second-order valence-corrected chi connectivity index (χ2v) is 6.36. The number of likely N-dealkylation sites (tertiary alicyclic amines) is 1. The summed E-state index contributed by atoms with van der Waals surface area (Å²) in [4.78, 5) is 18.1. The number of aliphatic hydroxyl groups is 1. The van der Waals surface area contributed by atoms with E-state index in [1.807, 2.05) is 36.1 Å². The van der Waals surface area contributed by atoms with Crippen LogP contribution in [0.15, 0.2) is 24.3 Å². The van der Waals surface area contributed by atoms with E-state index in [-0.39, 0.29) is 5.97 Å². The van der Waals surface area contributed by atoms with Gasteiger partial charge in [0, 0.05) is 18.5 Å². The van der Waals surface area contributed by atoms with Crippen LogP contribution in [0.3, 0.4) is 0 Å². The van der Waals surface area contributed by atoms with E-state index in [4.69, 9.17) is 17.0 Å². The first-order valence-electron chi connectivity index (χ1n) is 7.71. The van der Waals surface area contributed by atoms with E-state index in [2.05, 4.69) is 10.1 Å². The Balaban J connectivity index is 1.81. The maximum absolute atomic E-state index is 11.9. The fraction of sp³-hybridized carbons (Fsp3) is 0.438. The summed E-state index contributed by atoms with van der Waals surface area (Å²) in [5, 5.41) is 13.0. The number of carbonyl (C=O) groups excluding carboxylic acids is 1. The fourth-order valence-corrected chi connectivity index (χ4v) is 3.09. The first-order chi connectivity index (χ1) is 11.5. The van der Waals surface area contributed by atoms with Gasteiger partial charge in [-0.2, -0.15) is 4.98 Å². The molecule has 2 N–H and O–H groups in total. The summed E-state index contributed by atoms with van der Waals surface area (Å²) >= 11 is 5.31. The van der Waals surface area contributed by atoms with Crippen LogP contribution in [0.5, 0.6) is 0 Å². The van der Waals surface area contributed by atoms with Crippen molar-refractivity contribution in [2.45, 2.75) is 32.2 Å². The van der Waals surface area contributed by atoms with Gasteiger partial charge in [-0.1, -0.05) is 29.8 Å². The van der Waals surface area contributed by atoms with Crippen molar-refractivity contribution >= 4 is 18.2 Å². The fourth-order valence-electron chi connectivity index (χ4n) is 2.89. The minimum absolute atomic E-state index is 0.342. The minimum atomic E-state index is -0.553. The molecule has 2 aromatic rings. The number of nitrogens with one attached hydrogen (secondary N) is 1. The molecular weight excluding hydrogens is 328 g/mol. The quantitative estimate of drug-likeness (QED) is 0.643. The van der Waals surface area contributed by atoms with Crippen molar-refractivity contribution in [2.24, 2.45) is 0 Å².